The lowest BCUT2D eigenvalue weighted by molar-refractivity contribution is -0.125. The van der Waals surface area contributed by atoms with Crippen LogP contribution >= 0.6 is 0 Å². The van der Waals surface area contributed by atoms with E-state index in [9.17, 15) is 4.79 Å². The Morgan fingerprint density at radius 2 is 2.05 bits per heavy atom. The van der Waals surface area contributed by atoms with Crippen molar-refractivity contribution in [1.29, 1.82) is 0 Å². The van der Waals surface area contributed by atoms with Crippen molar-refractivity contribution in [1.82, 2.24) is 5.32 Å². The predicted molar refractivity (Wildman–Crippen MR) is 79.2 cm³/mol. The van der Waals surface area contributed by atoms with Gasteiger partial charge in [0.25, 0.3) is 0 Å². The second kappa shape index (κ2) is 6.86. The summed E-state index contributed by atoms with van der Waals surface area (Å²) in [5, 5.41) is 3.44. The van der Waals surface area contributed by atoms with Gasteiger partial charge in [0.05, 0.1) is 0 Å². The molecule has 1 aromatic rings. The van der Waals surface area contributed by atoms with Crippen molar-refractivity contribution in [2.24, 2.45) is 5.73 Å². The van der Waals surface area contributed by atoms with Gasteiger partial charge in [0, 0.05) is 25.7 Å². The Morgan fingerprint density at radius 1 is 1.35 bits per heavy atom. The van der Waals surface area contributed by atoms with Crippen molar-refractivity contribution < 1.29 is 9.53 Å². The highest BCUT2D eigenvalue weighted by molar-refractivity contribution is 5.86. The van der Waals surface area contributed by atoms with Crippen molar-refractivity contribution in [3.05, 3.63) is 35.9 Å². The number of ether oxygens (including phenoxy) is 1. The second-order valence-corrected chi connectivity index (χ2v) is 5.42. The third-order valence-electron chi connectivity index (χ3n) is 3.68. The lowest BCUT2D eigenvalue weighted by Crippen LogP contribution is -2.54. The van der Waals surface area contributed by atoms with E-state index in [0.29, 0.717) is 25.7 Å². The Kier molecular flexibility index (Phi) is 5.15. The number of hydrogen-bond acceptors (Lipinski definition) is 3. The van der Waals surface area contributed by atoms with Gasteiger partial charge in [0.15, 0.2) is 0 Å². The summed E-state index contributed by atoms with van der Waals surface area (Å²) in [5.74, 6) is -0.323. The van der Waals surface area contributed by atoms with Crippen LogP contribution in [0.4, 0.5) is 0 Å². The highest BCUT2D eigenvalue weighted by Gasteiger charge is 2.42. The topological polar surface area (TPSA) is 64.3 Å². The molecule has 1 amide bonds. The summed E-state index contributed by atoms with van der Waals surface area (Å²) in [6.45, 7) is 3.32. The first-order valence-corrected chi connectivity index (χ1v) is 7.40. The Morgan fingerprint density at radius 3 is 2.60 bits per heavy atom. The van der Waals surface area contributed by atoms with Gasteiger partial charge in [-0.15, -0.1) is 0 Å². The van der Waals surface area contributed by atoms with Gasteiger partial charge in [-0.05, 0) is 24.8 Å². The molecule has 1 unspecified atom stereocenters. The number of carbonyl (C=O) groups is 1. The number of amides is 1. The maximum atomic E-state index is 12.2. The Bertz CT molecular complexity index is 431. The van der Waals surface area contributed by atoms with E-state index in [1.54, 1.807) is 0 Å². The van der Waals surface area contributed by atoms with E-state index in [4.69, 9.17) is 10.5 Å². The van der Waals surface area contributed by atoms with Crippen LogP contribution in [-0.4, -0.2) is 25.2 Å². The first-order valence-electron chi connectivity index (χ1n) is 7.40. The Hall–Kier alpha value is -1.39. The molecule has 0 bridgehead atoms. The van der Waals surface area contributed by atoms with Crippen molar-refractivity contribution in [2.45, 2.75) is 44.2 Å². The van der Waals surface area contributed by atoms with E-state index < -0.39 is 5.54 Å². The summed E-state index contributed by atoms with van der Waals surface area (Å²) in [6, 6.07) is 10.1. The van der Waals surface area contributed by atoms with Gasteiger partial charge in [0.2, 0.25) is 5.91 Å². The molecular weight excluding hydrogens is 252 g/mol. The summed E-state index contributed by atoms with van der Waals surface area (Å²) in [7, 11) is 0. The van der Waals surface area contributed by atoms with Crippen LogP contribution in [0.25, 0.3) is 0 Å². The van der Waals surface area contributed by atoms with Gasteiger partial charge in [-0.25, -0.2) is 0 Å². The summed E-state index contributed by atoms with van der Waals surface area (Å²) < 4.78 is 5.56. The zero-order valence-corrected chi connectivity index (χ0v) is 12.1. The molecule has 1 fully saturated rings. The zero-order chi connectivity index (χ0) is 14.4. The number of carbonyl (C=O) groups excluding carboxylic acids is 1. The lowest BCUT2D eigenvalue weighted by atomic mass is 9.85. The predicted octanol–water partition coefficient (Wildman–Crippen LogP) is 1.94. The monoisotopic (exact) mass is 276 g/mol. The number of hydrogen-bond donors (Lipinski definition) is 2. The summed E-state index contributed by atoms with van der Waals surface area (Å²) in [6.07, 6.45) is 3.77. The zero-order valence-electron chi connectivity index (χ0n) is 12.1. The normalized spacial score (nSPS) is 17.6. The smallest absolute Gasteiger partial charge is 0.242 e. The molecule has 1 atom stereocenters. The van der Waals surface area contributed by atoms with Crippen LogP contribution in [0, 0.1) is 0 Å². The average Bonchev–Trinajstić information content (AvgIpc) is 3.27. The molecule has 20 heavy (non-hydrogen) atoms. The van der Waals surface area contributed by atoms with Crippen LogP contribution in [0.5, 0.6) is 0 Å². The molecule has 1 aliphatic carbocycles. The van der Waals surface area contributed by atoms with E-state index >= 15 is 0 Å². The molecule has 4 heteroatoms. The second-order valence-electron chi connectivity index (χ2n) is 5.42. The van der Waals surface area contributed by atoms with Crippen molar-refractivity contribution in [2.75, 3.05) is 13.2 Å². The quantitative estimate of drug-likeness (QED) is 0.677. The largest absolute Gasteiger partial charge is 0.381 e. The van der Waals surface area contributed by atoms with Crippen LogP contribution in [0.2, 0.25) is 0 Å². The van der Waals surface area contributed by atoms with Crippen molar-refractivity contribution in [3.63, 3.8) is 0 Å². The number of rotatable bonds is 9. The minimum Gasteiger partial charge on any atom is -0.381 e. The highest BCUT2D eigenvalue weighted by Crippen LogP contribution is 2.31. The van der Waals surface area contributed by atoms with Crippen LogP contribution in [0.1, 0.15) is 38.2 Å². The van der Waals surface area contributed by atoms with Gasteiger partial charge >= 0.3 is 0 Å². The molecule has 3 N–H and O–H groups in total. The van der Waals surface area contributed by atoms with E-state index in [2.05, 4.69) is 12.2 Å². The molecular formula is C16H24N2O2. The van der Waals surface area contributed by atoms with Crippen LogP contribution < -0.4 is 11.1 Å². The fourth-order valence-corrected chi connectivity index (χ4v) is 2.41. The minimum absolute atomic E-state index is 0.323. The summed E-state index contributed by atoms with van der Waals surface area (Å²) in [4.78, 5) is 12.2. The molecule has 1 aromatic carbocycles. The lowest BCUT2D eigenvalue weighted by Gasteiger charge is -2.32. The van der Waals surface area contributed by atoms with Crippen LogP contribution in [0.3, 0.4) is 0 Å². The molecule has 0 aromatic heterocycles. The average molecular weight is 276 g/mol. The molecule has 1 aliphatic rings. The van der Waals surface area contributed by atoms with E-state index in [-0.39, 0.29) is 5.91 Å². The van der Waals surface area contributed by atoms with E-state index in [0.717, 1.165) is 24.8 Å². The number of nitrogens with two attached hydrogens (primary N) is 1. The first kappa shape index (κ1) is 15.0. The van der Waals surface area contributed by atoms with E-state index in [1.165, 1.54) is 0 Å². The van der Waals surface area contributed by atoms with Crippen molar-refractivity contribution in [3.8, 4) is 0 Å². The Balaban J connectivity index is 2.17. The first-order chi connectivity index (χ1) is 9.69. The SMILES string of the molecule is CCCOCCC(NC1CC1)(C(N)=O)c1ccccc1. The molecule has 2 rings (SSSR count). The third-order valence-corrected chi connectivity index (χ3v) is 3.68. The maximum Gasteiger partial charge on any atom is 0.242 e. The van der Waals surface area contributed by atoms with Gasteiger partial charge in [0.1, 0.15) is 5.54 Å². The fraction of sp³-hybridized carbons (Fsp3) is 0.562. The highest BCUT2D eigenvalue weighted by atomic mass is 16.5. The molecule has 0 heterocycles. The van der Waals surface area contributed by atoms with Gasteiger partial charge < -0.3 is 10.5 Å². The third kappa shape index (κ3) is 3.58. The maximum absolute atomic E-state index is 12.2. The van der Waals surface area contributed by atoms with Crippen molar-refractivity contribution >= 4 is 5.91 Å². The summed E-state index contributed by atoms with van der Waals surface area (Å²) in [5.41, 5.74) is 5.86. The number of nitrogens with one attached hydrogen (secondary N) is 1. The Labute approximate surface area is 120 Å². The minimum atomic E-state index is -0.809. The molecule has 0 spiro atoms. The molecule has 110 valence electrons. The molecule has 0 radical (unpaired) electrons. The fourth-order valence-electron chi connectivity index (χ4n) is 2.41. The molecule has 4 nitrogen and oxygen atoms in total. The molecule has 0 saturated heterocycles. The number of benzene rings is 1. The van der Waals surface area contributed by atoms with Gasteiger partial charge in [-0.3, -0.25) is 10.1 Å². The molecule has 1 saturated carbocycles. The van der Waals surface area contributed by atoms with Crippen LogP contribution in [0.15, 0.2) is 30.3 Å². The number of primary amides is 1. The standard InChI is InChI=1S/C16H24N2O2/c1-2-11-20-12-10-16(15(17)19,18-14-8-9-14)13-6-4-3-5-7-13/h3-7,14,18H,2,8-12H2,1H3,(H2,17,19). The van der Waals surface area contributed by atoms with E-state index in [1.807, 2.05) is 30.3 Å². The van der Waals surface area contributed by atoms with Gasteiger partial charge in [-0.2, -0.15) is 0 Å². The summed E-state index contributed by atoms with van der Waals surface area (Å²) >= 11 is 0. The molecule has 0 aliphatic heterocycles. The van der Waals surface area contributed by atoms with Crippen LogP contribution in [-0.2, 0) is 15.1 Å². The van der Waals surface area contributed by atoms with Gasteiger partial charge in [-0.1, -0.05) is 37.3 Å².